The Labute approximate surface area is 273 Å². The standard InChI is InChI=1S/C35H53N3O8/c1-9-10-11-14-24(6)37-30-25-16-20(2)17-29(45-8)31(40)22(4)18-23(5)33(46-35(36)43)28(44-7)15-12-13-21(3)34(42)38-26(32(25)41)19-27(30)39/h12-13,15,18-20,22,24,28-29,31,33,37,40H,9-11,14,16-17H2,1-8H3,(H2,36,43)(H,38,42)/t20-,22+,24?,28+,29+,31-,33+/m1/s1. The maximum atomic E-state index is 13.8. The fourth-order valence-corrected chi connectivity index (χ4v) is 5.76. The SMILES string of the molecule is CCCCCC(C)NC1=C2C[C@@H](C)C[C@H](OC)[C@H](O)[C@@H](C)C=C(C)[C@H](OC(N)=O)[C@@H](OC)C=CC=C(C)C(=O)NC(=CC1=O)C2=O. The molecule has 0 radical (unpaired) electrons. The highest BCUT2D eigenvalue weighted by Gasteiger charge is 2.34. The van der Waals surface area contributed by atoms with E-state index in [1.54, 1.807) is 32.1 Å². The molecule has 1 heterocycles. The number of aliphatic hydroxyl groups is 1. The van der Waals surface area contributed by atoms with Crippen molar-refractivity contribution in [2.45, 2.75) is 111 Å². The number of rotatable bonds is 9. The van der Waals surface area contributed by atoms with Crippen molar-refractivity contribution < 1.29 is 38.5 Å². The van der Waals surface area contributed by atoms with Gasteiger partial charge in [0.15, 0.2) is 6.10 Å². The number of primary amides is 1. The van der Waals surface area contributed by atoms with Crippen LogP contribution in [0.15, 0.2) is 58.5 Å². The van der Waals surface area contributed by atoms with E-state index in [-0.39, 0.29) is 41.1 Å². The van der Waals surface area contributed by atoms with Crippen molar-refractivity contribution in [1.82, 2.24) is 10.6 Å². The first-order valence-electron chi connectivity index (χ1n) is 16.1. The smallest absolute Gasteiger partial charge is 0.405 e. The first-order valence-corrected chi connectivity index (χ1v) is 16.1. The molecular weight excluding hydrogens is 590 g/mol. The van der Waals surface area contributed by atoms with Gasteiger partial charge in [0, 0.05) is 43.4 Å². The number of methoxy groups -OCH3 is 2. The number of amides is 2. The molecule has 1 aliphatic heterocycles. The summed E-state index contributed by atoms with van der Waals surface area (Å²) in [6.07, 6.45) is 7.95. The first kappa shape index (κ1) is 38.6. The summed E-state index contributed by atoms with van der Waals surface area (Å²) in [4.78, 5) is 52.2. The van der Waals surface area contributed by atoms with Gasteiger partial charge in [-0.05, 0) is 51.5 Å². The molecule has 0 fully saturated rings. The van der Waals surface area contributed by atoms with E-state index in [4.69, 9.17) is 19.9 Å². The fourth-order valence-electron chi connectivity index (χ4n) is 5.76. The van der Waals surface area contributed by atoms with E-state index in [2.05, 4.69) is 17.6 Å². The number of nitrogens with two attached hydrogens (primary N) is 1. The first-order chi connectivity index (χ1) is 21.7. The van der Waals surface area contributed by atoms with Gasteiger partial charge >= 0.3 is 6.09 Å². The molecule has 46 heavy (non-hydrogen) atoms. The number of unbranched alkanes of at least 4 members (excludes halogenated alkanes) is 2. The summed E-state index contributed by atoms with van der Waals surface area (Å²) in [6, 6.07) is -0.0395. The summed E-state index contributed by atoms with van der Waals surface area (Å²) in [5.41, 5.74) is 6.66. The molecule has 0 saturated heterocycles. The molecule has 1 unspecified atom stereocenters. The summed E-state index contributed by atoms with van der Waals surface area (Å²) in [6.45, 7) is 11.2. The van der Waals surface area contributed by atoms with Crippen LogP contribution >= 0.6 is 0 Å². The Kier molecular flexibility index (Phi) is 15.6. The molecule has 0 aromatic heterocycles. The Balaban J connectivity index is 2.60. The average molecular weight is 644 g/mol. The summed E-state index contributed by atoms with van der Waals surface area (Å²) in [5, 5.41) is 17.2. The lowest BCUT2D eigenvalue weighted by molar-refractivity contribution is -0.120. The summed E-state index contributed by atoms with van der Waals surface area (Å²) in [7, 11) is 2.95. The van der Waals surface area contributed by atoms with Gasteiger partial charge in [-0.2, -0.15) is 0 Å². The highest BCUT2D eigenvalue weighted by atomic mass is 16.6. The molecule has 11 heteroatoms. The van der Waals surface area contributed by atoms with Crippen LogP contribution in [0.25, 0.3) is 0 Å². The third kappa shape index (κ3) is 11.1. The van der Waals surface area contributed by atoms with Crippen LogP contribution in [-0.4, -0.2) is 73.4 Å². The molecule has 5 N–H and O–H groups in total. The zero-order valence-electron chi connectivity index (χ0n) is 28.6. The Morgan fingerprint density at radius 1 is 1.15 bits per heavy atom. The number of nitrogens with one attached hydrogen (secondary N) is 2. The quantitative estimate of drug-likeness (QED) is 0.163. The van der Waals surface area contributed by atoms with Crippen molar-refractivity contribution in [2.24, 2.45) is 17.6 Å². The Hall–Kier alpha value is -3.54. The van der Waals surface area contributed by atoms with Crippen LogP contribution in [0.2, 0.25) is 0 Å². The van der Waals surface area contributed by atoms with E-state index in [1.165, 1.54) is 26.4 Å². The second-order valence-corrected chi connectivity index (χ2v) is 12.5. The molecule has 2 bridgehead atoms. The highest BCUT2D eigenvalue weighted by Crippen LogP contribution is 2.29. The van der Waals surface area contributed by atoms with Crippen LogP contribution in [0, 0.1) is 11.8 Å². The summed E-state index contributed by atoms with van der Waals surface area (Å²) >= 11 is 0. The minimum atomic E-state index is -0.994. The maximum Gasteiger partial charge on any atom is 0.405 e. The molecule has 0 aromatic carbocycles. The number of hydrogen-bond acceptors (Lipinski definition) is 9. The molecule has 2 aliphatic rings. The fraction of sp³-hybridized carbons (Fsp3) is 0.600. The van der Waals surface area contributed by atoms with E-state index in [0.717, 1.165) is 25.7 Å². The number of fused-ring (bicyclic) bond motifs is 2. The molecule has 7 atom stereocenters. The second kappa shape index (κ2) is 18.6. The predicted molar refractivity (Wildman–Crippen MR) is 176 cm³/mol. The zero-order chi connectivity index (χ0) is 34.6. The van der Waals surface area contributed by atoms with Gasteiger partial charge < -0.3 is 35.7 Å². The highest BCUT2D eigenvalue weighted by molar-refractivity contribution is 6.23. The van der Waals surface area contributed by atoms with Crippen LogP contribution in [0.5, 0.6) is 0 Å². The molecule has 1 aliphatic carbocycles. The third-order valence-corrected chi connectivity index (χ3v) is 8.42. The van der Waals surface area contributed by atoms with Crippen molar-refractivity contribution >= 4 is 23.6 Å². The Bertz CT molecular complexity index is 1260. The van der Waals surface area contributed by atoms with Gasteiger partial charge in [-0.1, -0.05) is 64.3 Å². The van der Waals surface area contributed by atoms with Crippen molar-refractivity contribution in [3.8, 4) is 0 Å². The van der Waals surface area contributed by atoms with Crippen LogP contribution in [0.3, 0.4) is 0 Å². The number of ether oxygens (including phenoxy) is 3. The van der Waals surface area contributed by atoms with Gasteiger partial charge in [-0.15, -0.1) is 0 Å². The lowest BCUT2D eigenvalue weighted by Crippen LogP contribution is -2.39. The topological polar surface area (TPSA) is 166 Å². The normalized spacial score (nSPS) is 27.8. The molecule has 0 aromatic rings. The monoisotopic (exact) mass is 643 g/mol. The van der Waals surface area contributed by atoms with Crippen LogP contribution in [0.1, 0.15) is 80.1 Å². The number of ketones is 2. The van der Waals surface area contributed by atoms with Gasteiger partial charge in [-0.3, -0.25) is 14.4 Å². The van der Waals surface area contributed by atoms with E-state index >= 15 is 0 Å². The number of aliphatic hydroxyl groups excluding tert-OH is 1. The molecule has 0 saturated carbocycles. The van der Waals surface area contributed by atoms with Crippen molar-refractivity contribution in [3.63, 3.8) is 0 Å². The predicted octanol–water partition coefficient (Wildman–Crippen LogP) is 4.32. The number of carbonyl (C=O) groups is 4. The second-order valence-electron chi connectivity index (χ2n) is 12.5. The largest absolute Gasteiger partial charge is 0.439 e. The summed E-state index contributed by atoms with van der Waals surface area (Å²) < 4.78 is 16.7. The molecular formula is C35H53N3O8. The van der Waals surface area contributed by atoms with Crippen LogP contribution in [-0.2, 0) is 28.6 Å². The van der Waals surface area contributed by atoms with Crippen molar-refractivity contribution in [3.05, 3.63) is 58.5 Å². The van der Waals surface area contributed by atoms with Crippen molar-refractivity contribution in [2.75, 3.05) is 14.2 Å². The van der Waals surface area contributed by atoms with Gasteiger partial charge in [0.05, 0.1) is 23.6 Å². The number of allylic oxidation sites excluding steroid dienone is 4. The molecule has 11 nitrogen and oxygen atoms in total. The van der Waals surface area contributed by atoms with E-state index < -0.39 is 48.1 Å². The van der Waals surface area contributed by atoms with Crippen molar-refractivity contribution in [1.29, 1.82) is 0 Å². The zero-order valence-corrected chi connectivity index (χ0v) is 28.6. The van der Waals surface area contributed by atoms with Crippen LogP contribution in [0.4, 0.5) is 4.79 Å². The average Bonchev–Trinajstić information content (AvgIpc) is 3.00. The van der Waals surface area contributed by atoms with Gasteiger partial charge in [-0.25, -0.2) is 4.79 Å². The van der Waals surface area contributed by atoms with E-state index in [9.17, 15) is 24.3 Å². The molecule has 0 spiro atoms. The Morgan fingerprint density at radius 2 is 1.85 bits per heavy atom. The number of Topliss-reactive ketones (excluding diaryl/α,β-unsaturated/α-hetero) is 1. The minimum absolute atomic E-state index is 0.0395. The maximum absolute atomic E-state index is 13.8. The number of hydrogen-bond donors (Lipinski definition) is 4. The van der Waals surface area contributed by atoms with Gasteiger partial charge in [0.2, 0.25) is 11.6 Å². The Morgan fingerprint density at radius 3 is 2.46 bits per heavy atom. The van der Waals surface area contributed by atoms with E-state index in [1.807, 2.05) is 20.8 Å². The molecule has 256 valence electrons. The van der Waals surface area contributed by atoms with Crippen LogP contribution < -0.4 is 16.4 Å². The summed E-state index contributed by atoms with van der Waals surface area (Å²) in [5.74, 6) is -2.00. The van der Waals surface area contributed by atoms with Gasteiger partial charge in [0.25, 0.3) is 5.91 Å². The number of carbonyl (C=O) groups excluding carboxylic acids is 4. The van der Waals surface area contributed by atoms with E-state index in [0.29, 0.717) is 17.6 Å². The molecule has 2 rings (SSSR count). The lowest BCUT2D eigenvalue weighted by atomic mass is 9.85. The third-order valence-electron chi connectivity index (χ3n) is 8.42. The lowest BCUT2D eigenvalue weighted by Gasteiger charge is -2.30. The molecule has 2 amide bonds. The van der Waals surface area contributed by atoms with Gasteiger partial charge in [0.1, 0.15) is 6.10 Å². The minimum Gasteiger partial charge on any atom is -0.439 e.